The van der Waals surface area contributed by atoms with Gasteiger partial charge in [0.15, 0.2) is 0 Å². The van der Waals surface area contributed by atoms with Gasteiger partial charge >= 0.3 is 5.97 Å². The number of nitrogens with one attached hydrogen (secondary N) is 1. The maximum atomic E-state index is 11.1. The van der Waals surface area contributed by atoms with Crippen molar-refractivity contribution in [3.8, 4) is 0 Å². The Balaban J connectivity index is 1.83. The molecule has 0 saturated heterocycles. The van der Waals surface area contributed by atoms with E-state index in [0.717, 1.165) is 5.56 Å². The SMILES string of the molecule is COC(=O)c1ccc(CNCc2ccoc2)o1. The molecule has 0 aliphatic heterocycles. The number of ether oxygens (including phenoxy) is 1. The second-order valence-corrected chi connectivity index (χ2v) is 3.49. The van der Waals surface area contributed by atoms with E-state index in [4.69, 9.17) is 8.83 Å². The zero-order valence-electron chi connectivity index (χ0n) is 9.43. The quantitative estimate of drug-likeness (QED) is 0.802. The van der Waals surface area contributed by atoms with E-state index in [1.54, 1.807) is 24.7 Å². The van der Waals surface area contributed by atoms with Crippen LogP contribution in [0.3, 0.4) is 0 Å². The Bertz CT molecular complexity index is 472. The van der Waals surface area contributed by atoms with Gasteiger partial charge in [-0.15, -0.1) is 0 Å². The summed E-state index contributed by atoms with van der Waals surface area (Å²) in [5, 5.41) is 3.17. The summed E-state index contributed by atoms with van der Waals surface area (Å²) in [6.07, 6.45) is 3.30. The molecule has 5 heteroatoms. The molecule has 0 unspecified atom stereocenters. The number of carbonyl (C=O) groups is 1. The molecule has 0 spiro atoms. The summed E-state index contributed by atoms with van der Waals surface area (Å²) in [5.41, 5.74) is 1.06. The zero-order chi connectivity index (χ0) is 12.1. The predicted octanol–water partition coefficient (Wildman–Crippen LogP) is 1.95. The summed E-state index contributed by atoms with van der Waals surface area (Å²) in [6.45, 7) is 1.23. The van der Waals surface area contributed by atoms with Gasteiger partial charge < -0.3 is 18.9 Å². The highest BCUT2D eigenvalue weighted by Gasteiger charge is 2.10. The highest BCUT2D eigenvalue weighted by molar-refractivity contribution is 5.86. The standard InChI is InChI=1S/C12H13NO4/c1-15-12(14)11-3-2-10(17-11)7-13-6-9-4-5-16-8-9/h2-5,8,13H,6-7H2,1H3. The molecule has 0 aromatic carbocycles. The van der Waals surface area contributed by atoms with Crippen LogP contribution < -0.4 is 5.32 Å². The van der Waals surface area contributed by atoms with Crippen LogP contribution in [0, 0.1) is 0 Å². The van der Waals surface area contributed by atoms with E-state index in [9.17, 15) is 4.79 Å². The van der Waals surface area contributed by atoms with Crippen LogP contribution in [-0.4, -0.2) is 13.1 Å². The predicted molar refractivity (Wildman–Crippen MR) is 59.3 cm³/mol. The van der Waals surface area contributed by atoms with Crippen molar-refractivity contribution in [3.63, 3.8) is 0 Å². The van der Waals surface area contributed by atoms with Crippen LogP contribution in [0.25, 0.3) is 0 Å². The lowest BCUT2D eigenvalue weighted by Crippen LogP contribution is -2.11. The Morgan fingerprint density at radius 1 is 1.35 bits per heavy atom. The van der Waals surface area contributed by atoms with E-state index in [1.807, 2.05) is 6.07 Å². The molecule has 1 N–H and O–H groups in total. The van der Waals surface area contributed by atoms with Crippen molar-refractivity contribution in [1.29, 1.82) is 0 Å². The third-order valence-electron chi connectivity index (χ3n) is 2.26. The molecule has 90 valence electrons. The zero-order valence-corrected chi connectivity index (χ0v) is 9.43. The van der Waals surface area contributed by atoms with Gasteiger partial charge in [0.2, 0.25) is 5.76 Å². The highest BCUT2D eigenvalue weighted by Crippen LogP contribution is 2.09. The summed E-state index contributed by atoms with van der Waals surface area (Å²) < 4.78 is 14.8. The Hall–Kier alpha value is -2.01. The average molecular weight is 235 g/mol. The summed E-state index contributed by atoms with van der Waals surface area (Å²) in [6, 6.07) is 5.23. The lowest BCUT2D eigenvalue weighted by molar-refractivity contribution is 0.0563. The molecular weight excluding hydrogens is 222 g/mol. The smallest absolute Gasteiger partial charge is 0.373 e. The monoisotopic (exact) mass is 235 g/mol. The molecule has 2 rings (SSSR count). The van der Waals surface area contributed by atoms with E-state index >= 15 is 0 Å². The van der Waals surface area contributed by atoms with Crippen molar-refractivity contribution in [2.75, 3.05) is 7.11 Å². The summed E-state index contributed by atoms with van der Waals surface area (Å²) in [7, 11) is 1.32. The van der Waals surface area contributed by atoms with E-state index in [1.165, 1.54) is 7.11 Å². The van der Waals surface area contributed by atoms with Crippen LogP contribution >= 0.6 is 0 Å². The molecule has 2 aromatic rings. The fourth-order valence-corrected chi connectivity index (χ4v) is 1.41. The van der Waals surface area contributed by atoms with Crippen molar-refractivity contribution < 1.29 is 18.4 Å². The van der Waals surface area contributed by atoms with Crippen LogP contribution in [0.15, 0.2) is 39.6 Å². The van der Waals surface area contributed by atoms with Crippen LogP contribution in [0.2, 0.25) is 0 Å². The molecule has 2 aromatic heterocycles. The van der Waals surface area contributed by atoms with Crippen LogP contribution in [-0.2, 0) is 17.8 Å². The number of hydrogen-bond donors (Lipinski definition) is 1. The molecule has 17 heavy (non-hydrogen) atoms. The number of carbonyl (C=O) groups excluding carboxylic acids is 1. The molecule has 5 nitrogen and oxygen atoms in total. The number of furan rings is 2. The summed E-state index contributed by atoms with van der Waals surface area (Å²) >= 11 is 0. The minimum atomic E-state index is -0.467. The lowest BCUT2D eigenvalue weighted by Gasteiger charge is -1.99. The normalized spacial score (nSPS) is 10.4. The Morgan fingerprint density at radius 2 is 2.24 bits per heavy atom. The van der Waals surface area contributed by atoms with Crippen molar-refractivity contribution in [2.24, 2.45) is 0 Å². The molecule has 0 saturated carbocycles. The highest BCUT2D eigenvalue weighted by atomic mass is 16.5. The van der Waals surface area contributed by atoms with Crippen molar-refractivity contribution in [2.45, 2.75) is 13.1 Å². The second-order valence-electron chi connectivity index (χ2n) is 3.49. The molecule has 0 atom stereocenters. The van der Waals surface area contributed by atoms with Crippen LogP contribution in [0.4, 0.5) is 0 Å². The first kappa shape index (κ1) is 11.5. The van der Waals surface area contributed by atoms with Gasteiger partial charge in [0.25, 0.3) is 0 Å². The van der Waals surface area contributed by atoms with Gasteiger partial charge in [-0.05, 0) is 18.2 Å². The van der Waals surface area contributed by atoms with Gasteiger partial charge in [0, 0.05) is 12.1 Å². The maximum Gasteiger partial charge on any atom is 0.373 e. The molecule has 0 bridgehead atoms. The number of esters is 1. The van der Waals surface area contributed by atoms with Crippen molar-refractivity contribution in [1.82, 2.24) is 5.32 Å². The Labute approximate surface area is 98.4 Å². The fraction of sp³-hybridized carbons (Fsp3) is 0.250. The van der Waals surface area contributed by atoms with Crippen LogP contribution in [0.1, 0.15) is 21.9 Å². The molecule has 0 radical (unpaired) electrons. The third kappa shape index (κ3) is 2.98. The van der Waals surface area contributed by atoms with Crippen LogP contribution in [0.5, 0.6) is 0 Å². The lowest BCUT2D eigenvalue weighted by atomic mass is 10.3. The summed E-state index contributed by atoms with van der Waals surface area (Å²) in [4.78, 5) is 11.1. The molecule has 0 fully saturated rings. The topological polar surface area (TPSA) is 64.6 Å². The first-order valence-electron chi connectivity index (χ1n) is 5.18. The largest absolute Gasteiger partial charge is 0.472 e. The van der Waals surface area contributed by atoms with E-state index in [0.29, 0.717) is 18.8 Å². The van der Waals surface area contributed by atoms with E-state index in [-0.39, 0.29) is 5.76 Å². The summed E-state index contributed by atoms with van der Waals surface area (Å²) in [5.74, 6) is 0.438. The number of rotatable bonds is 5. The minimum absolute atomic E-state index is 0.215. The van der Waals surface area contributed by atoms with Gasteiger partial charge in [-0.25, -0.2) is 4.79 Å². The average Bonchev–Trinajstić information content (AvgIpc) is 2.99. The minimum Gasteiger partial charge on any atom is -0.472 e. The first-order valence-corrected chi connectivity index (χ1v) is 5.18. The molecule has 0 aliphatic carbocycles. The fourth-order valence-electron chi connectivity index (χ4n) is 1.41. The first-order chi connectivity index (χ1) is 8.29. The molecule has 2 heterocycles. The Morgan fingerprint density at radius 3 is 2.94 bits per heavy atom. The molecule has 0 amide bonds. The van der Waals surface area contributed by atoms with Gasteiger partial charge in [-0.1, -0.05) is 0 Å². The van der Waals surface area contributed by atoms with E-state index < -0.39 is 5.97 Å². The molecule has 0 aliphatic rings. The Kier molecular flexibility index (Phi) is 3.62. The van der Waals surface area contributed by atoms with Gasteiger partial charge in [-0.2, -0.15) is 0 Å². The van der Waals surface area contributed by atoms with Crippen molar-refractivity contribution in [3.05, 3.63) is 47.8 Å². The second kappa shape index (κ2) is 5.36. The van der Waals surface area contributed by atoms with E-state index in [2.05, 4.69) is 10.1 Å². The van der Waals surface area contributed by atoms with Gasteiger partial charge in [0.05, 0.1) is 26.2 Å². The number of methoxy groups -OCH3 is 1. The molecular formula is C12H13NO4. The third-order valence-corrected chi connectivity index (χ3v) is 2.26. The number of hydrogen-bond acceptors (Lipinski definition) is 5. The van der Waals surface area contributed by atoms with Gasteiger partial charge in [-0.3, -0.25) is 0 Å². The maximum absolute atomic E-state index is 11.1. The van der Waals surface area contributed by atoms with Gasteiger partial charge in [0.1, 0.15) is 5.76 Å². The van der Waals surface area contributed by atoms with Crippen molar-refractivity contribution >= 4 is 5.97 Å².